The summed E-state index contributed by atoms with van der Waals surface area (Å²) in [5.74, 6) is 3.16. The number of rotatable bonds is 8. The molecule has 0 saturated carbocycles. The van der Waals surface area contributed by atoms with Crippen molar-refractivity contribution in [3.05, 3.63) is 35.9 Å². The molecule has 0 aliphatic carbocycles. The lowest BCUT2D eigenvalue weighted by Crippen LogP contribution is -2.34. The summed E-state index contributed by atoms with van der Waals surface area (Å²) >= 11 is 0. The smallest absolute Gasteiger partial charge is 0.172 e. The summed E-state index contributed by atoms with van der Waals surface area (Å²) in [5, 5.41) is 4.29. The highest BCUT2D eigenvalue weighted by atomic mass is 16.5. The van der Waals surface area contributed by atoms with Crippen molar-refractivity contribution >= 4 is 18.7 Å². The second-order valence-electron chi connectivity index (χ2n) is 6.94. The van der Waals surface area contributed by atoms with Crippen LogP contribution in [-0.4, -0.2) is 45.3 Å². The van der Waals surface area contributed by atoms with Crippen molar-refractivity contribution in [2.45, 2.75) is 32.6 Å². The third-order valence-corrected chi connectivity index (χ3v) is 4.91. The molecule has 1 saturated heterocycles. The second-order valence-corrected chi connectivity index (χ2v) is 6.94. The molecule has 1 aromatic heterocycles. The first-order valence-corrected chi connectivity index (χ1v) is 9.04. The van der Waals surface area contributed by atoms with E-state index in [1.165, 1.54) is 0 Å². The first-order valence-electron chi connectivity index (χ1n) is 9.04. The molecular weight excluding hydrogens is 328 g/mol. The molecule has 1 unspecified atom stereocenters. The number of hydrogen-bond donors (Lipinski definition) is 0. The summed E-state index contributed by atoms with van der Waals surface area (Å²) in [7, 11) is 3.42. The minimum absolute atomic E-state index is 0.00718. The zero-order valence-electron chi connectivity index (χ0n) is 16.3. The van der Waals surface area contributed by atoms with Crippen LogP contribution in [0.3, 0.4) is 0 Å². The first kappa shape index (κ1) is 19.9. The van der Waals surface area contributed by atoms with E-state index in [0.29, 0.717) is 17.6 Å². The van der Waals surface area contributed by atoms with Crippen LogP contribution in [0, 0.1) is 11.8 Å². The van der Waals surface area contributed by atoms with E-state index >= 15 is 0 Å². The fourth-order valence-electron chi connectivity index (χ4n) is 3.50. The molecule has 0 spiro atoms. The van der Waals surface area contributed by atoms with Crippen LogP contribution in [0.1, 0.15) is 38.4 Å². The predicted octanol–water partition coefficient (Wildman–Crippen LogP) is 4.08. The summed E-state index contributed by atoms with van der Waals surface area (Å²) in [5.41, 5.74) is 1.14. The van der Waals surface area contributed by atoms with Gasteiger partial charge < -0.3 is 14.2 Å². The highest BCUT2D eigenvalue weighted by Gasteiger charge is 2.28. The SMILES string of the molecule is C=N/C=C(\C=NC)C1CCN(c2cc(C(C(=C)OC)C(C)C)on2)CC1. The molecule has 1 atom stereocenters. The Kier molecular flexibility index (Phi) is 7.18. The lowest BCUT2D eigenvalue weighted by molar-refractivity contribution is 0.227. The quantitative estimate of drug-likeness (QED) is 0.519. The van der Waals surface area contributed by atoms with Gasteiger partial charge >= 0.3 is 0 Å². The van der Waals surface area contributed by atoms with Crippen LogP contribution in [0.25, 0.3) is 0 Å². The zero-order chi connectivity index (χ0) is 19.1. The van der Waals surface area contributed by atoms with Gasteiger partial charge in [-0.05, 0) is 37.0 Å². The van der Waals surface area contributed by atoms with Gasteiger partial charge in [0.2, 0.25) is 0 Å². The third-order valence-electron chi connectivity index (χ3n) is 4.91. The van der Waals surface area contributed by atoms with Crippen LogP contribution < -0.4 is 4.90 Å². The van der Waals surface area contributed by atoms with Gasteiger partial charge in [-0.25, -0.2) is 0 Å². The minimum Gasteiger partial charge on any atom is -0.501 e. The van der Waals surface area contributed by atoms with E-state index < -0.39 is 0 Å². The van der Waals surface area contributed by atoms with E-state index in [1.54, 1.807) is 14.2 Å². The predicted molar refractivity (Wildman–Crippen MR) is 107 cm³/mol. The molecule has 1 aromatic rings. The largest absolute Gasteiger partial charge is 0.501 e. The molecule has 26 heavy (non-hydrogen) atoms. The molecule has 2 heterocycles. The van der Waals surface area contributed by atoms with Crippen LogP contribution in [0.15, 0.2) is 44.7 Å². The maximum absolute atomic E-state index is 5.63. The van der Waals surface area contributed by atoms with Gasteiger partial charge in [0, 0.05) is 38.6 Å². The average Bonchev–Trinajstić information content (AvgIpc) is 3.11. The van der Waals surface area contributed by atoms with Crippen molar-refractivity contribution in [1.82, 2.24) is 5.16 Å². The van der Waals surface area contributed by atoms with Gasteiger partial charge in [-0.15, -0.1) is 0 Å². The van der Waals surface area contributed by atoms with Crippen molar-refractivity contribution in [2.75, 3.05) is 32.1 Å². The number of methoxy groups -OCH3 is 1. The first-order chi connectivity index (χ1) is 12.5. The maximum atomic E-state index is 5.63. The van der Waals surface area contributed by atoms with Gasteiger partial charge in [0.1, 0.15) is 5.76 Å². The number of ether oxygens (including phenoxy) is 1. The zero-order valence-corrected chi connectivity index (χ0v) is 16.3. The highest BCUT2D eigenvalue weighted by molar-refractivity contribution is 5.79. The third kappa shape index (κ3) is 4.62. The molecule has 0 amide bonds. The lowest BCUT2D eigenvalue weighted by Gasteiger charge is -2.32. The number of piperidine rings is 1. The summed E-state index contributed by atoms with van der Waals surface area (Å²) in [6.45, 7) is 13.6. The minimum atomic E-state index is 0.00718. The summed E-state index contributed by atoms with van der Waals surface area (Å²) in [4.78, 5) is 10.3. The van der Waals surface area contributed by atoms with Crippen molar-refractivity contribution < 1.29 is 9.26 Å². The fraction of sp³-hybridized carbons (Fsp3) is 0.550. The molecule has 6 nitrogen and oxygen atoms in total. The normalized spacial score (nSPS) is 17.7. The van der Waals surface area contributed by atoms with Crippen LogP contribution in [0.4, 0.5) is 5.82 Å². The topological polar surface area (TPSA) is 63.2 Å². The maximum Gasteiger partial charge on any atom is 0.172 e. The monoisotopic (exact) mass is 358 g/mol. The number of nitrogens with zero attached hydrogens (tertiary/aromatic N) is 4. The standard InChI is InChI=1S/C20H30N4O2/c1-14(2)20(15(3)25-6)18-11-19(23-26-18)24-9-7-16(8-10-24)17(12-21-4)13-22-5/h11-14,16,20H,3-4,7-10H2,1-2,5-6H3/b17-12+,22-13?. The molecule has 1 aliphatic rings. The Morgan fingerprint density at radius 2 is 2.12 bits per heavy atom. The number of aromatic nitrogens is 1. The van der Waals surface area contributed by atoms with E-state index in [0.717, 1.165) is 43.1 Å². The van der Waals surface area contributed by atoms with E-state index in [4.69, 9.17) is 9.26 Å². The number of hydrogen-bond acceptors (Lipinski definition) is 6. The Labute approximate surface area is 156 Å². The van der Waals surface area contributed by atoms with Gasteiger partial charge in [0.25, 0.3) is 0 Å². The molecule has 0 radical (unpaired) electrons. The molecule has 0 bridgehead atoms. The van der Waals surface area contributed by atoms with Gasteiger partial charge in [-0.3, -0.25) is 9.98 Å². The van der Waals surface area contributed by atoms with Crippen LogP contribution in [0.2, 0.25) is 0 Å². The van der Waals surface area contributed by atoms with Crippen LogP contribution in [0.5, 0.6) is 0 Å². The molecule has 6 heteroatoms. The number of anilines is 1. The lowest BCUT2D eigenvalue weighted by atomic mass is 9.89. The second kappa shape index (κ2) is 9.36. The Hall–Kier alpha value is -2.37. The summed E-state index contributed by atoms with van der Waals surface area (Å²) in [6.07, 6.45) is 5.74. The molecule has 1 fully saturated rings. The molecule has 0 aromatic carbocycles. The number of aliphatic imine (C=N–C) groups is 2. The van der Waals surface area contributed by atoms with Crippen molar-refractivity contribution in [2.24, 2.45) is 21.8 Å². The van der Waals surface area contributed by atoms with Crippen molar-refractivity contribution in [3.8, 4) is 0 Å². The van der Waals surface area contributed by atoms with Gasteiger partial charge in [0.05, 0.1) is 18.8 Å². The molecular formula is C20H30N4O2. The summed E-state index contributed by atoms with van der Waals surface area (Å²) in [6, 6.07) is 2.02. The van der Waals surface area contributed by atoms with E-state index in [2.05, 4.69) is 47.2 Å². The van der Waals surface area contributed by atoms with Gasteiger partial charge in [0.15, 0.2) is 5.82 Å². The Morgan fingerprint density at radius 1 is 1.42 bits per heavy atom. The van der Waals surface area contributed by atoms with Crippen LogP contribution >= 0.6 is 0 Å². The van der Waals surface area contributed by atoms with Crippen molar-refractivity contribution in [1.29, 1.82) is 0 Å². The van der Waals surface area contributed by atoms with Gasteiger partial charge in [-0.1, -0.05) is 25.6 Å². The Balaban J connectivity index is 2.06. The van der Waals surface area contributed by atoms with Crippen LogP contribution in [-0.2, 0) is 4.74 Å². The Bertz CT molecular complexity index is 667. The van der Waals surface area contributed by atoms with E-state index in [1.807, 2.05) is 18.5 Å². The molecule has 1 aliphatic heterocycles. The van der Waals surface area contributed by atoms with E-state index in [-0.39, 0.29) is 5.92 Å². The van der Waals surface area contributed by atoms with Gasteiger partial charge in [-0.2, -0.15) is 0 Å². The highest BCUT2D eigenvalue weighted by Crippen LogP contribution is 2.34. The number of allylic oxidation sites excluding steroid dienone is 2. The Morgan fingerprint density at radius 3 is 2.65 bits per heavy atom. The summed E-state index contributed by atoms with van der Waals surface area (Å²) < 4.78 is 11.0. The molecule has 2 rings (SSSR count). The van der Waals surface area contributed by atoms with Crippen molar-refractivity contribution in [3.63, 3.8) is 0 Å². The average molecular weight is 358 g/mol. The molecule has 142 valence electrons. The fourth-order valence-corrected chi connectivity index (χ4v) is 3.50. The van der Waals surface area contributed by atoms with E-state index in [9.17, 15) is 0 Å². The molecule has 0 N–H and O–H groups in total.